The van der Waals surface area contributed by atoms with Crippen LogP contribution in [0.3, 0.4) is 0 Å². The Labute approximate surface area is 208 Å². The molecule has 0 spiro atoms. The molecule has 10 nitrogen and oxygen atoms in total. The molecule has 0 N–H and O–H groups in total. The van der Waals surface area contributed by atoms with Crippen LogP contribution in [0.25, 0.3) is 16.6 Å². The molecule has 1 fully saturated rings. The zero-order chi connectivity index (χ0) is 24.6. The fourth-order valence-electron chi connectivity index (χ4n) is 4.97. The van der Waals surface area contributed by atoms with Crippen LogP contribution >= 0.6 is 0 Å². The van der Waals surface area contributed by atoms with Crippen molar-refractivity contribution in [2.24, 2.45) is 0 Å². The van der Waals surface area contributed by atoms with Crippen molar-refractivity contribution in [2.75, 3.05) is 45.4 Å². The second-order valence-corrected chi connectivity index (χ2v) is 8.90. The van der Waals surface area contributed by atoms with Gasteiger partial charge in [-0.05, 0) is 17.7 Å². The average molecular weight is 484 g/mol. The number of nitriles is 1. The first-order chi connectivity index (χ1) is 17.7. The first-order valence-electron chi connectivity index (χ1n) is 11.7. The summed E-state index contributed by atoms with van der Waals surface area (Å²) in [6, 6.07) is 10.3. The molecule has 4 aromatic rings. The first kappa shape index (κ1) is 22.1. The van der Waals surface area contributed by atoms with Gasteiger partial charge in [0.15, 0.2) is 11.6 Å². The standard InChI is InChI=1S/C26H25N7O3/c1-34-21-8-22(25-19(9-27)12-30-33(25)15-21)18-7-23-26(29-11-18)32-6-5-31(14-20(32)16-36-23)13-17-3-4-24(35-2)28-10-17/h3-4,7-8,10-12,15,20H,5-6,13-14,16H2,1-2H3/t20-/m1/s1. The van der Waals surface area contributed by atoms with Gasteiger partial charge in [0.25, 0.3) is 0 Å². The van der Waals surface area contributed by atoms with Crippen molar-refractivity contribution >= 4 is 11.3 Å². The van der Waals surface area contributed by atoms with E-state index in [0.717, 1.165) is 60.0 Å². The minimum atomic E-state index is 0.222. The number of nitrogens with zero attached hydrogens (tertiary/aromatic N) is 7. The number of ether oxygens (including phenoxy) is 3. The Bertz CT molecular complexity index is 1460. The third kappa shape index (κ3) is 3.83. The van der Waals surface area contributed by atoms with Gasteiger partial charge >= 0.3 is 0 Å². The smallest absolute Gasteiger partial charge is 0.212 e. The number of methoxy groups -OCH3 is 2. The number of pyridine rings is 3. The molecule has 0 radical (unpaired) electrons. The van der Waals surface area contributed by atoms with Gasteiger partial charge in [-0.3, -0.25) is 4.90 Å². The molecule has 1 saturated heterocycles. The Morgan fingerprint density at radius 3 is 2.81 bits per heavy atom. The van der Waals surface area contributed by atoms with Gasteiger partial charge in [-0.1, -0.05) is 6.07 Å². The van der Waals surface area contributed by atoms with E-state index in [0.29, 0.717) is 23.8 Å². The first-order valence-corrected chi connectivity index (χ1v) is 11.7. The summed E-state index contributed by atoms with van der Waals surface area (Å²) in [5, 5.41) is 13.9. The van der Waals surface area contributed by atoms with Gasteiger partial charge in [0.05, 0.1) is 43.7 Å². The van der Waals surface area contributed by atoms with Crippen LogP contribution in [0.15, 0.2) is 49.1 Å². The summed E-state index contributed by atoms with van der Waals surface area (Å²) in [6.45, 7) is 4.08. The largest absolute Gasteiger partial charge is 0.495 e. The molecule has 1 atom stereocenters. The lowest BCUT2D eigenvalue weighted by Gasteiger charge is -2.44. The molecule has 0 unspecified atom stereocenters. The Balaban J connectivity index is 1.25. The predicted octanol–water partition coefficient (Wildman–Crippen LogP) is 2.76. The van der Waals surface area contributed by atoms with Crippen LogP contribution < -0.4 is 19.1 Å². The van der Waals surface area contributed by atoms with Crippen LogP contribution in [-0.4, -0.2) is 71.0 Å². The molecule has 6 heterocycles. The van der Waals surface area contributed by atoms with Crippen LogP contribution in [-0.2, 0) is 6.54 Å². The van der Waals surface area contributed by atoms with Gasteiger partial charge in [-0.15, -0.1) is 0 Å². The van der Waals surface area contributed by atoms with E-state index < -0.39 is 0 Å². The minimum Gasteiger partial charge on any atom is -0.495 e. The topological polar surface area (TPSA) is 101 Å². The van der Waals surface area contributed by atoms with E-state index in [1.165, 1.54) is 0 Å². The highest BCUT2D eigenvalue weighted by Gasteiger charge is 2.34. The SMILES string of the molecule is COc1cc(-c2cnc3c(c2)OC[C@H]2CN(Cc4ccc(OC)nc4)CCN32)c2c(C#N)cnn2c1. The number of piperazine rings is 1. The van der Waals surface area contributed by atoms with Gasteiger partial charge in [0, 0.05) is 55.8 Å². The van der Waals surface area contributed by atoms with Crippen LogP contribution in [0.2, 0.25) is 0 Å². The fraction of sp³-hybridized carbons (Fsp3) is 0.308. The number of anilines is 1. The van der Waals surface area contributed by atoms with Crippen molar-refractivity contribution in [3.05, 3.63) is 60.2 Å². The van der Waals surface area contributed by atoms with Crippen LogP contribution in [0.5, 0.6) is 17.4 Å². The second kappa shape index (κ2) is 9.02. The van der Waals surface area contributed by atoms with Crippen molar-refractivity contribution in [1.82, 2.24) is 24.5 Å². The summed E-state index contributed by atoms with van der Waals surface area (Å²) in [7, 11) is 3.23. The maximum absolute atomic E-state index is 9.59. The molecule has 4 aromatic heterocycles. The molecule has 0 bridgehead atoms. The van der Waals surface area contributed by atoms with E-state index in [1.54, 1.807) is 31.1 Å². The lowest BCUT2D eigenvalue weighted by molar-refractivity contribution is 0.160. The molecule has 0 aromatic carbocycles. The minimum absolute atomic E-state index is 0.222. The molecule has 36 heavy (non-hydrogen) atoms. The number of hydrogen-bond acceptors (Lipinski definition) is 9. The van der Waals surface area contributed by atoms with E-state index in [-0.39, 0.29) is 6.04 Å². The number of rotatable bonds is 5. The van der Waals surface area contributed by atoms with Gasteiger partial charge in [-0.25, -0.2) is 14.5 Å². The number of hydrogen-bond donors (Lipinski definition) is 0. The Hall–Kier alpha value is -4.36. The molecule has 182 valence electrons. The Kier molecular flexibility index (Phi) is 5.54. The molecule has 0 aliphatic carbocycles. The highest BCUT2D eigenvalue weighted by Crippen LogP contribution is 2.38. The third-order valence-electron chi connectivity index (χ3n) is 6.77. The predicted molar refractivity (Wildman–Crippen MR) is 132 cm³/mol. The lowest BCUT2D eigenvalue weighted by atomic mass is 10.0. The number of fused-ring (bicyclic) bond motifs is 4. The van der Waals surface area contributed by atoms with Crippen molar-refractivity contribution in [3.63, 3.8) is 0 Å². The van der Waals surface area contributed by atoms with Gasteiger partial charge in [0.2, 0.25) is 5.88 Å². The van der Waals surface area contributed by atoms with E-state index in [1.807, 2.05) is 30.6 Å². The maximum Gasteiger partial charge on any atom is 0.212 e. The molecular weight excluding hydrogens is 458 g/mol. The number of aromatic nitrogens is 4. The van der Waals surface area contributed by atoms with Crippen LogP contribution in [0.4, 0.5) is 5.82 Å². The van der Waals surface area contributed by atoms with E-state index in [9.17, 15) is 5.26 Å². The monoisotopic (exact) mass is 483 g/mol. The summed E-state index contributed by atoms with van der Waals surface area (Å²) in [5.74, 6) is 2.87. The fourth-order valence-corrected chi connectivity index (χ4v) is 4.97. The van der Waals surface area contributed by atoms with Crippen LogP contribution in [0, 0.1) is 11.3 Å². The average Bonchev–Trinajstić information content (AvgIpc) is 3.35. The molecule has 2 aliphatic rings. The van der Waals surface area contributed by atoms with Gasteiger partial charge in [0.1, 0.15) is 18.4 Å². The zero-order valence-electron chi connectivity index (χ0n) is 20.1. The van der Waals surface area contributed by atoms with Crippen molar-refractivity contribution in [1.29, 1.82) is 5.26 Å². The molecule has 0 amide bonds. The summed E-state index contributed by atoms with van der Waals surface area (Å²) < 4.78 is 18.5. The highest BCUT2D eigenvalue weighted by atomic mass is 16.5. The van der Waals surface area contributed by atoms with Gasteiger partial charge < -0.3 is 19.1 Å². The third-order valence-corrected chi connectivity index (χ3v) is 6.77. The summed E-state index contributed by atoms with van der Waals surface area (Å²) in [5.41, 5.74) is 4.04. The summed E-state index contributed by atoms with van der Waals surface area (Å²) in [6.07, 6.45) is 7.03. The highest BCUT2D eigenvalue weighted by molar-refractivity contribution is 5.86. The van der Waals surface area contributed by atoms with Crippen molar-refractivity contribution < 1.29 is 14.2 Å². The molecule has 10 heteroatoms. The lowest BCUT2D eigenvalue weighted by Crippen LogP contribution is -2.57. The Morgan fingerprint density at radius 2 is 2.03 bits per heavy atom. The summed E-state index contributed by atoms with van der Waals surface area (Å²) >= 11 is 0. The molecular formula is C26H25N7O3. The Morgan fingerprint density at radius 1 is 1.11 bits per heavy atom. The van der Waals surface area contributed by atoms with E-state index >= 15 is 0 Å². The van der Waals surface area contributed by atoms with Crippen molar-refractivity contribution in [3.8, 4) is 34.6 Å². The molecule has 0 saturated carbocycles. The zero-order valence-corrected chi connectivity index (χ0v) is 20.1. The molecule has 2 aliphatic heterocycles. The van der Waals surface area contributed by atoms with E-state index in [4.69, 9.17) is 19.2 Å². The molecule has 6 rings (SSSR count). The van der Waals surface area contributed by atoms with Crippen molar-refractivity contribution in [2.45, 2.75) is 12.6 Å². The second-order valence-electron chi connectivity index (χ2n) is 8.90. The quantitative estimate of drug-likeness (QED) is 0.424. The maximum atomic E-state index is 9.59. The van der Waals surface area contributed by atoms with E-state index in [2.05, 4.69) is 32.0 Å². The summed E-state index contributed by atoms with van der Waals surface area (Å²) in [4.78, 5) is 13.9. The van der Waals surface area contributed by atoms with Crippen LogP contribution in [0.1, 0.15) is 11.1 Å². The normalized spacial score (nSPS) is 17.1. The van der Waals surface area contributed by atoms with Gasteiger partial charge in [-0.2, -0.15) is 10.4 Å².